The SMILES string of the molecule is Cc1ccc(OCC(=O)NCC(=O)Nc2ccc(F)cc2)cc1C. The van der Waals surface area contributed by atoms with Gasteiger partial charge in [-0.15, -0.1) is 0 Å². The van der Waals surface area contributed by atoms with E-state index in [0.717, 1.165) is 11.1 Å². The van der Waals surface area contributed by atoms with E-state index in [-0.39, 0.29) is 19.0 Å². The summed E-state index contributed by atoms with van der Waals surface area (Å²) in [7, 11) is 0. The van der Waals surface area contributed by atoms with Crippen LogP contribution in [0.5, 0.6) is 5.75 Å². The van der Waals surface area contributed by atoms with Crippen LogP contribution in [0.25, 0.3) is 0 Å². The molecule has 2 aromatic carbocycles. The average Bonchev–Trinajstić information content (AvgIpc) is 2.56. The molecular formula is C18H19FN2O3. The fourth-order valence-electron chi connectivity index (χ4n) is 1.92. The van der Waals surface area contributed by atoms with Gasteiger partial charge in [-0.2, -0.15) is 0 Å². The molecule has 0 saturated carbocycles. The van der Waals surface area contributed by atoms with Crippen molar-refractivity contribution in [3.05, 3.63) is 59.4 Å². The predicted molar refractivity (Wildman–Crippen MR) is 89.5 cm³/mol. The fourth-order valence-corrected chi connectivity index (χ4v) is 1.92. The normalized spacial score (nSPS) is 10.1. The minimum absolute atomic E-state index is 0.174. The van der Waals surface area contributed by atoms with Crippen LogP contribution in [0.15, 0.2) is 42.5 Å². The Morgan fingerprint density at radius 2 is 1.71 bits per heavy atom. The van der Waals surface area contributed by atoms with Crippen molar-refractivity contribution in [2.24, 2.45) is 0 Å². The van der Waals surface area contributed by atoms with Crippen LogP contribution in [0, 0.1) is 19.7 Å². The number of benzene rings is 2. The van der Waals surface area contributed by atoms with Gasteiger partial charge >= 0.3 is 0 Å². The van der Waals surface area contributed by atoms with Crippen LogP contribution in [0.1, 0.15) is 11.1 Å². The minimum atomic E-state index is -0.402. The molecule has 6 heteroatoms. The molecule has 0 fully saturated rings. The van der Waals surface area contributed by atoms with Crippen molar-refractivity contribution in [3.8, 4) is 5.75 Å². The Kier molecular flexibility index (Phi) is 5.89. The lowest BCUT2D eigenvalue weighted by molar-refractivity contribution is -0.125. The maximum Gasteiger partial charge on any atom is 0.258 e. The summed E-state index contributed by atoms with van der Waals surface area (Å²) >= 11 is 0. The molecule has 0 aliphatic heterocycles. The molecule has 0 spiro atoms. The Morgan fingerprint density at radius 1 is 1.00 bits per heavy atom. The number of hydrogen-bond donors (Lipinski definition) is 2. The van der Waals surface area contributed by atoms with E-state index in [9.17, 15) is 14.0 Å². The van der Waals surface area contributed by atoms with E-state index >= 15 is 0 Å². The molecule has 0 atom stereocenters. The van der Waals surface area contributed by atoms with Crippen LogP contribution in [-0.4, -0.2) is 25.0 Å². The zero-order chi connectivity index (χ0) is 17.5. The van der Waals surface area contributed by atoms with E-state index in [1.165, 1.54) is 24.3 Å². The first-order valence-corrected chi connectivity index (χ1v) is 7.46. The fraction of sp³-hybridized carbons (Fsp3) is 0.222. The first kappa shape index (κ1) is 17.5. The van der Waals surface area contributed by atoms with E-state index in [0.29, 0.717) is 11.4 Å². The van der Waals surface area contributed by atoms with Crippen LogP contribution in [0.2, 0.25) is 0 Å². The second kappa shape index (κ2) is 8.10. The first-order valence-electron chi connectivity index (χ1n) is 7.46. The van der Waals surface area contributed by atoms with Gasteiger partial charge < -0.3 is 15.4 Å². The molecule has 2 amide bonds. The van der Waals surface area contributed by atoms with Crippen molar-refractivity contribution in [3.63, 3.8) is 0 Å². The van der Waals surface area contributed by atoms with Crippen molar-refractivity contribution in [2.75, 3.05) is 18.5 Å². The molecule has 2 N–H and O–H groups in total. The van der Waals surface area contributed by atoms with E-state index in [1.807, 2.05) is 26.0 Å². The molecule has 126 valence electrons. The van der Waals surface area contributed by atoms with Crippen molar-refractivity contribution in [2.45, 2.75) is 13.8 Å². The van der Waals surface area contributed by atoms with Gasteiger partial charge in [0.05, 0.1) is 6.54 Å². The molecule has 0 radical (unpaired) electrons. The number of halogens is 1. The maximum atomic E-state index is 12.8. The first-order chi connectivity index (χ1) is 11.4. The predicted octanol–water partition coefficient (Wildman–Crippen LogP) is 2.58. The van der Waals surface area contributed by atoms with Crippen molar-refractivity contribution in [1.82, 2.24) is 5.32 Å². The van der Waals surface area contributed by atoms with Gasteiger partial charge in [0.2, 0.25) is 5.91 Å². The number of rotatable bonds is 6. The average molecular weight is 330 g/mol. The van der Waals surface area contributed by atoms with Gasteiger partial charge in [-0.1, -0.05) is 6.07 Å². The number of ether oxygens (including phenoxy) is 1. The number of anilines is 1. The molecule has 0 unspecified atom stereocenters. The Morgan fingerprint density at radius 3 is 2.38 bits per heavy atom. The Labute approximate surface area is 139 Å². The third kappa shape index (κ3) is 5.39. The quantitative estimate of drug-likeness (QED) is 0.855. The molecule has 2 aromatic rings. The van der Waals surface area contributed by atoms with Crippen molar-refractivity contribution in [1.29, 1.82) is 0 Å². The number of amides is 2. The highest BCUT2D eigenvalue weighted by molar-refractivity contribution is 5.94. The Hall–Kier alpha value is -2.89. The standard InChI is InChI=1S/C18H19FN2O3/c1-12-3-8-16(9-13(12)2)24-11-18(23)20-10-17(22)21-15-6-4-14(19)5-7-15/h3-9H,10-11H2,1-2H3,(H,20,23)(H,21,22). The van der Waals surface area contributed by atoms with E-state index in [4.69, 9.17) is 4.74 Å². The highest BCUT2D eigenvalue weighted by Gasteiger charge is 2.07. The van der Waals surface area contributed by atoms with E-state index in [2.05, 4.69) is 10.6 Å². The molecule has 0 aliphatic rings. The lowest BCUT2D eigenvalue weighted by Gasteiger charge is -2.09. The third-order valence-corrected chi connectivity index (χ3v) is 3.42. The maximum absolute atomic E-state index is 12.8. The molecule has 5 nitrogen and oxygen atoms in total. The number of carbonyl (C=O) groups excluding carboxylic acids is 2. The molecule has 0 aliphatic carbocycles. The van der Waals surface area contributed by atoms with Gasteiger partial charge in [0.25, 0.3) is 5.91 Å². The van der Waals surface area contributed by atoms with Crippen molar-refractivity contribution >= 4 is 17.5 Å². The number of nitrogens with one attached hydrogen (secondary N) is 2. The van der Waals surface area contributed by atoms with Gasteiger partial charge in [0, 0.05) is 5.69 Å². The second-order valence-electron chi connectivity index (χ2n) is 5.37. The van der Waals surface area contributed by atoms with E-state index < -0.39 is 11.8 Å². The van der Waals surface area contributed by atoms with Crippen LogP contribution >= 0.6 is 0 Å². The molecule has 24 heavy (non-hydrogen) atoms. The summed E-state index contributed by atoms with van der Waals surface area (Å²) in [4.78, 5) is 23.4. The highest BCUT2D eigenvalue weighted by atomic mass is 19.1. The summed E-state index contributed by atoms with van der Waals surface area (Å²) in [5, 5.41) is 5.01. The summed E-state index contributed by atoms with van der Waals surface area (Å²) in [5.74, 6) is -0.586. The summed E-state index contributed by atoms with van der Waals surface area (Å²) in [6.45, 7) is 3.59. The Balaban J connectivity index is 1.73. The van der Waals surface area contributed by atoms with Crippen LogP contribution in [-0.2, 0) is 9.59 Å². The second-order valence-corrected chi connectivity index (χ2v) is 5.37. The third-order valence-electron chi connectivity index (χ3n) is 3.42. The highest BCUT2D eigenvalue weighted by Crippen LogP contribution is 2.16. The summed E-state index contributed by atoms with van der Waals surface area (Å²) in [6, 6.07) is 10.9. The monoisotopic (exact) mass is 330 g/mol. The molecule has 0 heterocycles. The lowest BCUT2D eigenvalue weighted by atomic mass is 10.1. The lowest BCUT2D eigenvalue weighted by Crippen LogP contribution is -2.35. The molecule has 0 bridgehead atoms. The topological polar surface area (TPSA) is 67.4 Å². The minimum Gasteiger partial charge on any atom is -0.484 e. The van der Waals surface area contributed by atoms with Gasteiger partial charge in [-0.3, -0.25) is 9.59 Å². The van der Waals surface area contributed by atoms with Crippen LogP contribution < -0.4 is 15.4 Å². The van der Waals surface area contributed by atoms with Gasteiger partial charge in [0.15, 0.2) is 6.61 Å². The molecule has 0 saturated heterocycles. The van der Waals surface area contributed by atoms with Crippen LogP contribution in [0.4, 0.5) is 10.1 Å². The molecular weight excluding hydrogens is 311 g/mol. The number of hydrogen-bond acceptors (Lipinski definition) is 3. The van der Waals surface area contributed by atoms with E-state index in [1.54, 1.807) is 6.07 Å². The van der Waals surface area contributed by atoms with Gasteiger partial charge in [-0.05, 0) is 61.4 Å². The summed E-state index contributed by atoms with van der Waals surface area (Å²) in [5.41, 5.74) is 2.68. The van der Waals surface area contributed by atoms with Crippen LogP contribution in [0.3, 0.4) is 0 Å². The zero-order valence-electron chi connectivity index (χ0n) is 13.6. The summed E-state index contributed by atoms with van der Waals surface area (Å²) in [6.07, 6.45) is 0. The molecule has 0 aromatic heterocycles. The zero-order valence-corrected chi connectivity index (χ0v) is 13.6. The molecule has 2 rings (SSSR count). The summed E-state index contributed by atoms with van der Waals surface area (Å²) < 4.78 is 18.1. The van der Waals surface area contributed by atoms with Crippen molar-refractivity contribution < 1.29 is 18.7 Å². The Bertz CT molecular complexity index is 730. The largest absolute Gasteiger partial charge is 0.484 e. The van der Waals surface area contributed by atoms with Gasteiger partial charge in [0.1, 0.15) is 11.6 Å². The number of aryl methyl sites for hydroxylation is 2. The smallest absolute Gasteiger partial charge is 0.258 e. The number of carbonyl (C=O) groups is 2. The van der Waals surface area contributed by atoms with Gasteiger partial charge in [-0.25, -0.2) is 4.39 Å².